The van der Waals surface area contributed by atoms with Crippen LogP contribution < -0.4 is 11.3 Å². The molecule has 82 valence electrons. The van der Waals surface area contributed by atoms with Crippen LogP contribution in [0.4, 0.5) is 5.82 Å². The lowest BCUT2D eigenvalue weighted by Gasteiger charge is -2.11. The summed E-state index contributed by atoms with van der Waals surface area (Å²) in [6.45, 7) is 0.655. The molecule has 4 heteroatoms. The molecule has 0 aromatic carbocycles. The van der Waals surface area contributed by atoms with E-state index in [1.807, 2.05) is 12.1 Å². The predicted octanol–water partition coefficient (Wildman–Crippen LogP) is 1.83. The Morgan fingerprint density at radius 3 is 3.00 bits per heavy atom. The largest absolute Gasteiger partial charge is 0.374 e. The van der Waals surface area contributed by atoms with E-state index < -0.39 is 0 Å². The number of hydrazine groups is 1. The third kappa shape index (κ3) is 2.91. The average molecular weight is 207 g/mol. The molecule has 0 amide bonds. The van der Waals surface area contributed by atoms with Gasteiger partial charge in [-0.1, -0.05) is 12.8 Å². The van der Waals surface area contributed by atoms with Crippen molar-refractivity contribution in [1.29, 1.82) is 0 Å². The lowest BCUT2D eigenvalue weighted by molar-refractivity contribution is 0.0457. The van der Waals surface area contributed by atoms with Crippen LogP contribution in [0, 0.1) is 0 Å². The molecule has 0 spiro atoms. The van der Waals surface area contributed by atoms with E-state index in [9.17, 15) is 0 Å². The van der Waals surface area contributed by atoms with Gasteiger partial charge in [0.2, 0.25) is 0 Å². The summed E-state index contributed by atoms with van der Waals surface area (Å²) in [5.74, 6) is 5.97. The molecular formula is C11H17N3O. The van der Waals surface area contributed by atoms with Gasteiger partial charge >= 0.3 is 0 Å². The first-order chi connectivity index (χ1) is 7.38. The van der Waals surface area contributed by atoms with Gasteiger partial charge < -0.3 is 10.2 Å². The van der Waals surface area contributed by atoms with E-state index in [1.165, 1.54) is 25.7 Å². The van der Waals surface area contributed by atoms with Crippen LogP contribution >= 0.6 is 0 Å². The third-order valence-electron chi connectivity index (χ3n) is 2.76. The number of hydrogen-bond acceptors (Lipinski definition) is 4. The third-order valence-corrected chi connectivity index (χ3v) is 2.76. The summed E-state index contributed by atoms with van der Waals surface area (Å²) in [7, 11) is 0. The van der Waals surface area contributed by atoms with Gasteiger partial charge in [0.25, 0.3) is 0 Å². The number of nitrogens with two attached hydrogens (primary N) is 1. The highest BCUT2D eigenvalue weighted by Gasteiger charge is 2.15. The minimum absolute atomic E-state index is 0.451. The SMILES string of the molecule is NNc1cc(COC2CCCC2)ccn1. The van der Waals surface area contributed by atoms with E-state index in [2.05, 4.69) is 10.4 Å². The van der Waals surface area contributed by atoms with Crippen LogP contribution in [0.5, 0.6) is 0 Å². The maximum Gasteiger partial charge on any atom is 0.140 e. The summed E-state index contributed by atoms with van der Waals surface area (Å²) in [5, 5.41) is 0. The zero-order valence-electron chi connectivity index (χ0n) is 8.78. The van der Waals surface area contributed by atoms with Crippen molar-refractivity contribution in [1.82, 2.24) is 4.98 Å². The van der Waals surface area contributed by atoms with Crippen molar-refractivity contribution in [2.45, 2.75) is 38.4 Å². The summed E-state index contributed by atoms with van der Waals surface area (Å²) >= 11 is 0. The standard InChI is InChI=1S/C11H17N3O/c12-14-11-7-9(5-6-13-11)8-15-10-3-1-2-4-10/h5-7,10H,1-4,8,12H2,(H,13,14). The van der Waals surface area contributed by atoms with Crippen LogP contribution in [-0.2, 0) is 11.3 Å². The van der Waals surface area contributed by atoms with E-state index in [1.54, 1.807) is 6.20 Å². The zero-order chi connectivity index (χ0) is 10.5. The van der Waals surface area contributed by atoms with Crippen molar-refractivity contribution in [3.63, 3.8) is 0 Å². The van der Waals surface area contributed by atoms with E-state index in [0.717, 1.165) is 5.56 Å². The van der Waals surface area contributed by atoms with Gasteiger partial charge in [-0.05, 0) is 30.5 Å². The molecule has 1 saturated carbocycles. The first-order valence-corrected chi connectivity index (χ1v) is 5.41. The van der Waals surface area contributed by atoms with Crippen LogP contribution in [0.3, 0.4) is 0 Å². The number of hydrogen-bond donors (Lipinski definition) is 2. The second kappa shape index (κ2) is 5.09. The number of nitrogens with one attached hydrogen (secondary N) is 1. The molecule has 1 heterocycles. The second-order valence-electron chi connectivity index (χ2n) is 3.91. The quantitative estimate of drug-likeness (QED) is 0.584. The topological polar surface area (TPSA) is 60.2 Å². The van der Waals surface area contributed by atoms with E-state index in [4.69, 9.17) is 10.6 Å². The smallest absolute Gasteiger partial charge is 0.140 e. The Hall–Kier alpha value is -1.13. The number of pyridine rings is 1. The fraction of sp³-hybridized carbons (Fsp3) is 0.545. The van der Waals surface area contributed by atoms with Crippen LogP contribution in [-0.4, -0.2) is 11.1 Å². The molecule has 0 radical (unpaired) electrons. The number of nitrogens with zero attached hydrogens (tertiary/aromatic N) is 1. The molecule has 4 nitrogen and oxygen atoms in total. The van der Waals surface area contributed by atoms with Crippen molar-refractivity contribution < 1.29 is 4.74 Å². The number of nitrogen functional groups attached to an aromatic ring is 1. The Morgan fingerprint density at radius 2 is 2.27 bits per heavy atom. The van der Waals surface area contributed by atoms with Gasteiger partial charge in [0.1, 0.15) is 5.82 Å². The average Bonchev–Trinajstić information content (AvgIpc) is 2.79. The Bertz CT molecular complexity index is 310. The first kappa shape index (κ1) is 10.4. The number of rotatable bonds is 4. The number of anilines is 1. The highest BCUT2D eigenvalue weighted by Crippen LogP contribution is 2.22. The van der Waals surface area contributed by atoms with E-state index >= 15 is 0 Å². The zero-order valence-corrected chi connectivity index (χ0v) is 8.78. The molecule has 1 aliphatic carbocycles. The van der Waals surface area contributed by atoms with Crippen LogP contribution in [0.25, 0.3) is 0 Å². The van der Waals surface area contributed by atoms with Gasteiger partial charge in [-0.25, -0.2) is 10.8 Å². The van der Waals surface area contributed by atoms with Gasteiger partial charge in [0, 0.05) is 6.20 Å². The highest BCUT2D eigenvalue weighted by molar-refractivity contribution is 5.35. The van der Waals surface area contributed by atoms with Crippen molar-refractivity contribution in [2.75, 3.05) is 5.43 Å². The van der Waals surface area contributed by atoms with E-state index in [-0.39, 0.29) is 0 Å². The molecule has 0 saturated heterocycles. The molecule has 3 N–H and O–H groups in total. The molecule has 15 heavy (non-hydrogen) atoms. The summed E-state index contributed by atoms with van der Waals surface area (Å²) in [4.78, 5) is 4.05. The Morgan fingerprint density at radius 1 is 1.47 bits per heavy atom. The number of aromatic nitrogens is 1. The molecule has 0 unspecified atom stereocenters. The monoisotopic (exact) mass is 207 g/mol. The molecule has 1 fully saturated rings. The van der Waals surface area contributed by atoms with Crippen molar-refractivity contribution in [2.24, 2.45) is 5.84 Å². The van der Waals surface area contributed by atoms with Crippen LogP contribution in [0.15, 0.2) is 18.3 Å². The molecule has 1 aliphatic rings. The van der Waals surface area contributed by atoms with Gasteiger partial charge in [-0.3, -0.25) is 0 Å². The first-order valence-electron chi connectivity index (χ1n) is 5.41. The van der Waals surface area contributed by atoms with Gasteiger partial charge in [0.15, 0.2) is 0 Å². The lowest BCUT2D eigenvalue weighted by atomic mass is 10.2. The lowest BCUT2D eigenvalue weighted by Crippen LogP contribution is -2.10. The summed E-state index contributed by atoms with van der Waals surface area (Å²) in [6.07, 6.45) is 7.20. The fourth-order valence-electron chi connectivity index (χ4n) is 1.91. The van der Waals surface area contributed by atoms with Crippen molar-refractivity contribution in [3.8, 4) is 0 Å². The summed E-state index contributed by atoms with van der Waals surface area (Å²) in [5.41, 5.74) is 3.64. The number of ether oxygens (including phenoxy) is 1. The minimum atomic E-state index is 0.451. The van der Waals surface area contributed by atoms with Crippen LogP contribution in [0.1, 0.15) is 31.2 Å². The van der Waals surface area contributed by atoms with Gasteiger partial charge in [0.05, 0.1) is 12.7 Å². The van der Waals surface area contributed by atoms with Crippen LogP contribution in [0.2, 0.25) is 0 Å². The molecular weight excluding hydrogens is 190 g/mol. The maximum absolute atomic E-state index is 5.79. The van der Waals surface area contributed by atoms with Gasteiger partial charge in [-0.2, -0.15) is 0 Å². The van der Waals surface area contributed by atoms with Crippen molar-refractivity contribution in [3.05, 3.63) is 23.9 Å². The minimum Gasteiger partial charge on any atom is -0.374 e. The highest BCUT2D eigenvalue weighted by atomic mass is 16.5. The van der Waals surface area contributed by atoms with E-state index in [0.29, 0.717) is 18.5 Å². The molecule has 1 aromatic rings. The van der Waals surface area contributed by atoms with Crippen molar-refractivity contribution >= 4 is 5.82 Å². The Balaban J connectivity index is 1.86. The predicted molar refractivity (Wildman–Crippen MR) is 59.1 cm³/mol. The second-order valence-corrected chi connectivity index (χ2v) is 3.91. The Kier molecular flexibility index (Phi) is 3.53. The summed E-state index contributed by atoms with van der Waals surface area (Å²) < 4.78 is 5.79. The maximum atomic E-state index is 5.79. The normalized spacial score (nSPS) is 16.9. The Labute approximate surface area is 89.8 Å². The fourth-order valence-corrected chi connectivity index (χ4v) is 1.91. The molecule has 0 atom stereocenters. The molecule has 1 aromatic heterocycles. The van der Waals surface area contributed by atoms with Gasteiger partial charge in [-0.15, -0.1) is 0 Å². The summed E-state index contributed by atoms with van der Waals surface area (Å²) in [6, 6.07) is 3.87. The molecule has 0 aliphatic heterocycles. The molecule has 2 rings (SSSR count). The molecule has 0 bridgehead atoms.